The molecule has 1 N–H and O–H groups in total. The number of fused-ring (bicyclic) bond motifs is 1. The van der Waals surface area contributed by atoms with Gasteiger partial charge in [0.15, 0.2) is 0 Å². The molecule has 4 nitrogen and oxygen atoms in total. The number of hydrogen-bond donors (Lipinski definition) is 1. The SMILES string of the molecule is CNc1nc(N(CCC(C)C)C2CC2)c2ccccc2n1. The molecular weight excluding hydrogens is 260 g/mol. The summed E-state index contributed by atoms with van der Waals surface area (Å²) >= 11 is 0. The molecule has 1 aromatic heterocycles. The van der Waals surface area contributed by atoms with Crippen LogP contribution >= 0.6 is 0 Å². The average Bonchev–Trinajstić information content (AvgIpc) is 3.31. The summed E-state index contributed by atoms with van der Waals surface area (Å²) in [4.78, 5) is 11.8. The Morgan fingerprint density at radius 1 is 1.24 bits per heavy atom. The van der Waals surface area contributed by atoms with Crippen LogP contribution in [0.1, 0.15) is 33.1 Å². The number of nitrogens with zero attached hydrogens (tertiary/aromatic N) is 3. The Bertz CT molecular complexity index is 619. The van der Waals surface area contributed by atoms with E-state index in [1.807, 2.05) is 13.1 Å². The Balaban J connectivity index is 2.02. The lowest BCUT2D eigenvalue weighted by molar-refractivity contribution is 0.569. The molecule has 1 heterocycles. The molecule has 2 aromatic rings. The van der Waals surface area contributed by atoms with Gasteiger partial charge in [0.25, 0.3) is 0 Å². The number of rotatable bonds is 6. The van der Waals surface area contributed by atoms with Gasteiger partial charge in [-0.3, -0.25) is 0 Å². The van der Waals surface area contributed by atoms with Gasteiger partial charge in [-0.2, -0.15) is 4.98 Å². The first-order chi connectivity index (χ1) is 10.2. The topological polar surface area (TPSA) is 41.1 Å². The Hall–Kier alpha value is -1.84. The molecule has 1 aliphatic carbocycles. The molecular formula is C17H24N4. The van der Waals surface area contributed by atoms with E-state index in [4.69, 9.17) is 4.98 Å². The molecule has 0 bridgehead atoms. The summed E-state index contributed by atoms with van der Waals surface area (Å²) in [6, 6.07) is 8.96. The van der Waals surface area contributed by atoms with Gasteiger partial charge in [-0.25, -0.2) is 4.98 Å². The fourth-order valence-electron chi connectivity index (χ4n) is 2.64. The molecule has 1 aromatic carbocycles. The third kappa shape index (κ3) is 3.09. The van der Waals surface area contributed by atoms with Crippen LogP contribution in [0.4, 0.5) is 11.8 Å². The predicted octanol–water partition coefficient (Wildman–Crippen LogP) is 3.69. The molecule has 3 rings (SSSR count). The van der Waals surface area contributed by atoms with Gasteiger partial charge in [0.1, 0.15) is 5.82 Å². The largest absolute Gasteiger partial charge is 0.357 e. The summed E-state index contributed by atoms with van der Waals surface area (Å²) in [5, 5.41) is 4.25. The van der Waals surface area contributed by atoms with Crippen molar-refractivity contribution in [3.05, 3.63) is 24.3 Å². The predicted molar refractivity (Wildman–Crippen MR) is 88.9 cm³/mol. The zero-order valence-electron chi connectivity index (χ0n) is 13.1. The van der Waals surface area contributed by atoms with Crippen molar-refractivity contribution < 1.29 is 0 Å². The van der Waals surface area contributed by atoms with Crippen LogP contribution in [0.15, 0.2) is 24.3 Å². The molecule has 112 valence electrons. The van der Waals surface area contributed by atoms with Gasteiger partial charge in [0.2, 0.25) is 5.95 Å². The first-order valence-electron chi connectivity index (χ1n) is 7.90. The summed E-state index contributed by atoms with van der Waals surface area (Å²) in [7, 11) is 1.88. The average molecular weight is 284 g/mol. The molecule has 0 aliphatic heterocycles. The van der Waals surface area contributed by atoms with Crippen LogP contribution in [0.5, 0.6) is 0 Å². The van der Waals surface area contributed by atoms with E-state index in [-0.39, 0.29) is 0 Å². The van der Waals surface area contributed by atoms with Gasteiger partial charge in [-0.1, -0.05) is 26.0 Å². The Kier molecular flexibility index (Phi) is 3.95. The van der Waals surface area contributed by atoms with E-state index in [9.17, 15) is 0 Å². The van der Waals surface area contributed by atoms with Crippen molar-refractivity contribution in [3.8, 4) is 0 Å². The summed E-state index contributed by atoms with van der Waals surface area (Å²) in [6.45, 7) is 5.64. The second kappa shape index (κ2) is 5.88. The number of nitrogens with one attached hydrogen (secondary N) is 1. The van der Waals surface area contributed by atoms with Gasteiger partial charge in [-0.15, -0.1) is 0 Å². The highest BCUT2D eigenvalue weighted by molar-refractivity contribution is 5.90. The van der Waals surface area contributed by atoms with Crippen LogP contribution < -0.4 is 10.2 Å². The lowest BCUT2D eigenvalue weighted by atomic mass is 10.1. The van der Waals surface area contributed by atoms with Gasteiger partial charge < -0.3 is 10.2 Å². The summed E-state index contributed by atoms with van der Waals surface area (Å²) in [6.07, 6.45) is 3.76. The third-order valence-corrected chi connectivity index (χ3v) is 4.01. The molecule has 1 aliphatic rings. The molecule has 0 amide bonds. The molecule has 0 saturated heterocycles. The highest BCUT2D eigenvalue weighted by atomic mass is 15.3. The van der Waals surface area contributed by atoms with Crippen LogP contribution in [-0.4, -0.2) is 29.6 Å². The van der Waals surface area contributed by atoms with Crippen molar-refractivity contribution in [1.82, 2.24) is 9.97 Å². The molecule has 0 spiro atoms. The minimum Gasteiger partial charge on any atom is -0.357 e. The van der Waals surface area contributed by atoms with E-state index in [0.29, 0.717) is 17.9 Å². The molecule has 21 heavy (non-hydrogen) atoms. The Morgan fingerprint density at radius 3 is 2.67 bits per heavy atom. The zero-order valence-corrected chi connectivity index (χ0v) is 13.1. The lowest BCUT2D eigenvalue weighted by Crippen LogP contribution is -2.29. The van der Waals surface area contributed by atoms with Crippen LogP contribution in [0.2, 0.25) is 0 Å². The Morgan fingerprint density at radius 2 is 2.00 bits per heavy atom. The fraction of sp³-hybridized carbons (Fsp3) is 0.529. The highest BCUT2D eigenvalue weighted by Crippen LogP contribution is 2.35. The van der Waals surface area contributed by atoms with Gasteiger partial charge >= 0.3 is 0 Å². The smallest absolute Gasteiger partial charge is 0.224 e. The molecule has 0 radical (unpaired) electrons. The normalized spacial score (nSPS) is 14.7. The van der Waals surface area contributed by atoms with Crippen molar-refractivity contribution in [2.45, 2.75) is 39.2 Å². The fourth-order valence-corrected chi connectivity index (χ4v) is 2.64. The number of para-hydroxylation sites is 1. The molecule has 4 heteroatoms. The van der Waals surface area contributed by atoms with E-state index in [1.54, 1.807) is 0 Å². The monoisotopic (exact) mass is 284 g/mol. The van der Waals surface area contributed by atoms with Crippen molar-refractivity contribution in [2.24, 2.45) is 5.92 Å². The summed E-state index contributed by atoms with van der Waals surface area (Å²) < 4.78 is 0. The lowest BCUT2D eigenvalue weighted by Gasteiger charge is -2.26. The first kappa shape index (κ1) is 14.1. The van der Waals surface area contributed by atoms with E-state index < -0.39 is 0 Å². The maximum atomic E-state index is 4.76. The van der Waals surface area contributed by atoms with Crippen LogP contribution in [0.3, 0.4) is 0 Å². The van der Waals surface area contributed by atoms with Crippen LogP contribution in [0.25, 0.3) is 10.9 Å². The molecule has 1 saturated carbocycles. The zero-order chi connectivity index (χ0) is 14.8. The number of benzene rings is 1. The van der Waals surface area contributed by atoms with Crippen LogP contribution in [-0.2, 0) is 0 Å². The third-order valence-electron chi connectivity index (χ3n) is 4.01. The van der Waals surface area contributed by atoms with Crippen molar-refractivity contribution in [1.29, 1.82) is 0 Å². The van der Waals surface area contributed by atoms with E-state index in [1.165, 1.54) is 19.3 Å². The summed E-state index contributed by atoms with van der Waals surface area (Å²) in [5.41, 5.74) is 1.02. The Labute approximate surface area is 126 Å². The number of anilines is 2. The minimum atomic E-state index is 0.659. The maximum absolute atomic E-state index is 4.76. The maximum Gasteiger partial charge on any atom is 0.224 e. The van der Waals surface area contributed by atoms with Gasteiger partial charge in [0.05, 0.1) is 5.52 Å². The first-order valence-corrected chi connectivity index (χ1v) is 7.90. The number of hydrogen-bond acceptors (Lipinski definition) is 4. The quantitative estimate of drug-likeness (QED) is 0.878. The van der Waals surface area contributed by atoms with Crippen molar-refractivity contribution in [2.75, 3.05) is 23.8 Å². The molecule has 1 fully saturated rings. The van der Waals surface area contributed by atoms with Gasteiger partial charge in [-0.05, 0) is 37.3 Å². The van der Waals surface area contributed by atoms with Gasteiger partial charge in [0, 0.05) is 25.0 Å². The minimum absolute atomic E-state index is 0.659. The van der Waals surface area contributed by atoms with E-state index in [2.05, 4.69) is 47.2 Å². The molecule has 0 atom stereocenters. The van der Waals surface area contributed by atoms with E-state index >= 15 is 0 Å². The summed E-state index contributed by atoms with van der Waals surface area (Å²) in [5.74, 6) is 2.51. The van der Waals surface area contributed by atoms with Crippen LogP contribution in [0, 0.1) is 5.92 Å². The molecule has 0 unspecified atom stereocenters. The van der Waals surface area contributed by atoms with Crippen molar-refractivity contribution in [3.63, 3.8) is 0 Å². The standard InChI is InChI=1S/C17H24N4/c1-12(2)10-11-21(13-8-9-13)16-14-6-4-5-7-15(14)19-17(18-3)20-16/h4-7,12-13H,8-11H2,1-3H3,(H,18,19,20). The second-order valence-corrected chi connectivity index (χ2v) is 6.25. The van der Waals surface area contributed by atoms with Crippen molar-refractivity contribution >= 4 is 22.7 Å². The highest BCUT2D eigenvalue weighted by Gasteiger charge is 2.31. The van der Waals surface area contributed by atoms with E-state index in [0.717, 1.165) is 23.3 Å². The number of aromatic nitrogens is 2. The second-order valence-electron chi connectivity index (χ2n) is 6.25.